The largest absolute Gasteiger partial charge is 0.508 e. The minimum absolute atomic E-state index is 0.0815. The maximum atomic E-state index is 10.3. The predicted octanol–water partition coefficient (Wildman–Crippen LogP) is 3.41. The predicted molar refractivity (Wildman–Crippen MR) is 91.0 cm³/mol. The maximum Gasteiger partial charge on any atom is 0.191 e. The second-order valence-corrected chi connectivity index (χ2v) is 6.15. The molecule has 0 atom stereocenters. The van der Waals surface area contributed by atoms with Gasteiger partial charge in [0.2, 0.25) is 0 Å². The van der Waals surface area contributed by atoms with E-state index in [9.17, 15) is 10.2 Å². The highest BCUT2D eigenvalue weighted by atomic mass is 32.1. The average Bonchev–Trinajstić information content (AvgIpc) is 2.86. The first-order valence-corrected chi connectivity index (χ1v) is 8.00. The number of phenols is 2. The molecule has 3 aromatic rings. The molecule has 0 unspecified atom stereocenters. The monoisotopic (exact) mass is 327 g/mol. The zero-order valence-corrected chi connectivity index (χ0v) is 13.9. The van der Waals surface area contributed by atoms with Gasteiger partial charge in [0, 0.05) is 29.2 Å². The zero-order valence-electron chi connectivity index (χ0n) is 13.1. The maximum absolute atomic E-state index is 10.3. The SMILES string of the molecule is Cc1cccc(/N=c2\scc(-c3ccc(O)c(C)c3O)n2C)n1. The van der Waals surface area contributed by atoms with E-state index in [1.54, 1.807) is 19.1 Å². The lowest BCUT2D eigenvalue weighted by molar-refractivity contribution is 0.444. The van der Waals surface area contributed by atoms with Gasteiger partial charge in [-0.3, -0.25) is 0 Å². The van der Waals surface area contributed by atoms with Crippen LogP contribution in [0, 0.1) is 13.8 Å². The molecular formula is C17H17N3O2S. The van der Waals surface area contributed by atoms with Gasteiger partial charge in [0.1, 0.15) is 11.5 Å². The van der Waals surface area contributed by atoms with Crippen molar-refractivity contribution in [3.8, 4) is 22.8 Å². The molecule has 0 saturated carbocycles. The van der Waals surface area contributed by atoms with E-state index in [2.05, 4.69) is 9.98 Å². The van der Waals surface area contributed by atoms with Crippen LogP contribution in [0.1, 0.15) is 11.3 Å². The molecule has 0 fully saturated rings. The number of aromatic hydroxyl groups is 2. The van der Waals surface area contributed by atoms with Crippen LogP contribution in [-0.4, -0.2) is 19.8 Å². The summed E-state index contributed by atoms with van der Waals surface area (Å²) in [5, 5.41) is 21.9. The molecule has 118 valence electrons. The molecular weight excluding hydrogens is 310 g/mol. The number of pyridine rings is 1. The van der Waals surface area contributed by atoms with Crippen molar-refractivity contribution in [3.05, 3.63) is 51.8 Å². The van der Waals surface area contributed by atoms with Crippen LogP contribution in [-0.2, 0) is 7.05 Å². The Morgan fingerprint density at radius 2 is 1.91 bits per heavy atom. The van der Waals surface area contributed by atoms with Crippen molar-refractivity contribution in [1.82, 2.24) is 9.55 Å². The van der Waals surface area contributed by atoms with Crippen LogP contribution in [0.3, 0.4) is 0 Å². The third kappa shape index (κ3) is 2.85. The molecule has 5 nitrogen and oxygen atoms in total. The van der Waals surface area contributed by atoms with Gasteiger partial charge in [0.15, 0.2) is 10.6 Å². The lowest BCUT2D eigenvalue weighted by Crippen LogP contribution is -2.11. The van der Waals surface area contributed by atoms with E-state index in [4.69, 9.17) is 0 Å². The number of benzene rings is 1. The number of aryl methyl sites for hydroxylation is 1. The lowest BCUT2D eigenvalue weighted by atomic mass is 10.1. The number of hydrogen-bond donors (Lipinski definition) is 2. The molecule has 2 heterocycles. The van der Waals surface area contributed by atoms with Crippen molar-refractivity contribution in [2.75, 3.05) is 0 Å². The number of phenolic OH excluding ortho intramolecular Hbond substituents is 2. The molecule has 0 aliphatic rings. The molecule has 0 aliphatic heterocycles. The molecule has 2 N–H and O–H groups in total. The van der Waals surface area contributed by atoms with Crippen molar-refractivity contribution in [2.45, 2.75) is 13.8 Å². The average molecular weight is 327 g/mol. The molecule has 6 heteroatoms. The Balaban J connectivity index is 2.12. The fraction of sp³-hybridized carbons (Fsp3) is 0.176. The Labute approximate surface area is 137 Å². The number of aromatic nitrogens is 2. The van der Waals surface area contributed by atoms with Crippen molar-refractivity contribution in [1.29, 1.82) is 0 Å². The van der Waals surface area contributed by atoms with Crippen LogP contribution in [0.4, 0.5) is 5.82 Å². The van der Waals surface area contributed by atoms with Gasteiger partial charge in [-0.1, -0.05) is 6.07 Å². The van der Waals surface area contributed by atoms with E-state index >= 15 is 0 Å². The summed E-state index contributed by atoms with van der Waals surface area (Å²) in [6.45, 7) is 3.61. The molecule has 0 saturated heterocycles. The molecule has 23 heavy (non-hydrogen) atoms. The van der Waals surface area contributed by atoms with Crippen LogP contribution in [0.25, 0.3) is 11.3 Å². The molecule has 3 rings (SSSR count). The minimum atomic E-state index is 0.0815. The Kier molecular flexibility index (Phi) is 3.92. The third-order valence-corrected chi connectivity index (χ3v) is 4.60. The fourth-order valence-electron chi connectivity index (χ4n) is 2.30. The Bertz CT molecular complexity index is 941. The summed E-state index contributed by atoms with van der Waals surface area (Å²) >= 11 is 1.47. The van der Waals surface area contributed by atoms with Crippen LogP contribution in [0.2, 0.25) is 0 Å². The molecule has 0 radical (unpaired) electrons. The highest BCUT2D eigenvalue weighted by molar-refractivity contribution is 7.07. The Hall–Kier alpha value is -2.60. The number of thiazole rings is 1. The summed E-state index contributed by atoms with van der Waals surface area (Å²) in [6.07, 6.45) is 0. The number of hydrogen-bond acceptors (Lipinski definition) is 5. The van der Waals surface area contributed by atoms with Gasteiger partial charge in [0.25, 0.3) is 0 Å². The van der Waals surface area contributed by atoms with Crippen LogP contribution >= 0.6 is 11.3 Å². The smallest absolute Gasteiger partial charge is 0.191 e. The lowest BCUT2D eigenvalue weighted by Gasteiger charge is -2.09. The Morgan fingerprint density at radius 1 is 1.13 bits per heavy atom. The van der Waals surface area contributed by atoms with Gasteiger partial charge in [-0.25, -0.2) is 9.98 Å². The standard InChI is InChI=1S/C17H17N3O2S/c1-10-5-4-6-15(18-10)19-17-20(3)13(9-23-17)12-7-8-14(21)11(2)16(12)22/h4-9,21-22H,1-3H3/b19-17-. The van der Waals surface area contributed by atoms with Crippen LogP contribution in [0.15, 0.2) is 40.7 Å². The molecule has 2 aromatic heterocycles. The first-order valence-electron chi connectivity index (χ1n) is 7.12. The zero-order chi connectivity index (χ0) is 16.6. The molecule has 0 spiro atoms. The summed E-state index contributed by atoms with van der Waals surface area (Å²) < 4.78 is 1.90. The summed E-state index contributed by atoms with van der Waals surface area (Å²) in [5.74, 6) is 0.816. The quantitative estimate of drug-likeness (QED) is 0.758. The highest BCUT2D eigenvalue weighted by Crippen LogP contribution is 2.36. The van der Waals surface area contributed by atoms with E-state index in [0.29, 0.717) is 16.9 Å². The van der Waals surface area contributed by atoms with Crippen molar-refractivity contribution < 1.29 is 10.2 Å². The summed E-state index contributed by atoms with van der Waals surface area (Å²) in [7, 11) is 1.89. The molecule has 1 aromatic carbocycles. The molecule has 0 amide bonds. The first kappa shape index (κ1) is 15.3. The van der Waals surface area contributed by atoms with Crippen molar-refractivity contribution in [2.24, 2.45) is 12.0 Å². The van der Waals surface area contributed by atoms with Crippen LogP contribution < -0.4 is 4.80 Å². The minimum Gasteiger partial charge on any atom is -0.508 e. The van der Waals surface area contributed by atoms with Gasteiger partial charge in [0.05, 0.1) is 5.69 Å². The normalized spacial score (nSPS) is 11.9. The van der Waals surface area contributed by atoms with E-state index < -0.39 is 0 Å². The van der Waals surface area contributed by atoms with Crippen LogP contribution in [0.5, 0.6) is 11.5 Å². The van der Waals surface area contributed by atoms with Gasteiger partial charge < -0.3 is 14.8 Å². The molecule has 0 aliphatic carbocycles. The van der Waals surface area contributed by atoms with Crippen molar-refractivity contribution >= 4 is 17.2 Å². The summed E-state index contributed by atoms with van der Waals surface area (Å²) in [6, 6.07) is 8.99. The molecule has 0 bridgehead atoms. The van der Waals surface area contributed by atoms with Gasteiger partial charge in [-0.2, -0.15) is 0 Å². The van der Waals surface area contributed by atoms with Gasteiger partial charge in [-0.05, 0) is 38.1 Å². The van der Waals surface area contributed by atoms with Gasteiger partial charge >= 0.3 is 0 Å². The third-order valence-electron chi connectivity index (χ3n) is 3.69. The van der Waals surface area contributed by atoms with E-state index in [1.165, 1.54) is 11.3 Å². The first-order chi connectivity index (χ1) is 11.0. The second kappa shape index (κ2) is 5.89. The van der Waals surface area contributed by atoms with Crippen molar-refractivity contribution in [3.63, 3.8) is 0 Å². The highest BCUT2D eigenvalue weighted by Gasteiger charge is 2.13. The summed E-state index contributed by atoms with van der Waals surface area (Å²) in [5.41, 5.74) is 2.88. The topological polar surface area (TPSA) is 70.6 Å². The number of nitrogens with zero attached hydrogens (tertiary/aromatic N) is 3. The van der Waals surface area contributed by atoms with E-state index in [0.717, 1.165) is 16.2 Å². The Morgan fingerprint density at radius 3 is 2.65 bits per heavy atom. The summed E-state index contributed by atoms with van der Waals surface area (Å²) in [4.78, 5) is 9.72. The fourth-order valence-corrected chi connectivity index (χ4v) is 3.21. The van der Waals surface area contributed by atoms with Gasteiger partial charge in [-0.15, -0.1) is 11.3 Å². The van der Waals surface area contributed by atoms with E-state index in [-0.39, 0.29) is 11.5 Å². The van der Waals surface area contributed by atoms with E-state index in [1.807, 2.05) is 42.1 Å². The number of rotatable bonds is 2. The second-order valence-electron chi connectivity index (χ2n) is 5.32.